The molecule has 1 aromatic heterocycles. The minimum absolute atomic E-state index is 0.119. The van der Waals surface area contributed by atoms with Crippen LogP contribution in [0.15, 0.2) is 30.6 Å². The Hall–Kier alpha value is -2.67. The third-order valence-electron chi connectivity index (χ3n) is 5.01. The summed E-state index contributed by atoms with van der Waals surface area (Å²) in [5.74, 6) is 0.288. The minimum atomic E-state index is -0.179. The number of carbonyl (C=O) groups is 1. The maximum Gasteiger partial charge on any atom is 0.254 e. The number of carbonyl (C=O) groups excluding carboxylic acids is 1. The molecule has 0 saturated carbocycles. The van der Waals surface area contributed by atoms with E-state index in [0.29, 0.717) is 18.1 Å². The van der Waals surface area contributed by atoms with E-state index in [1.54, 1.807) is 12.4 Å². The molecular weight excluding hydrogens is 354 g/mol. The molecular formula is C21H29N5O2. The first-order valence-electron chi connectivity index (χ1n) is 9.95. The number of ether oxygens (including phenoxy) is 1. The molecule has 1 aliphatic heterocycles. The third kappa shape index (κ3) is 4.98. The van der Waals surface area contributed by atoms with Crippen LogP contribution in [0, 0.1) is 6.92 Å². The van der Waals surface area contributed by atoms with Crippen molar-refractivity contribution in [2.75, 3.05) is 36.5 Å². The van der Waals surface area contributed by atoms with Gasteiger partial charge in [0.1, 0.15) is 0 Å². The van der Waals surface area contributed by atoms with E-state index in [1.807, 2.05) is 6.07 Å². The van der Waals surface area contributed by atoms with Crippen LogP contribution in [0.3, 0.4) is 0 Å². The van der Waals surface area contributed by atoms with E-state index in [0.717, 1.165) is 43.8 Å². The van der Waals surface area contributed by atoms with Gasteiger partial charge < -0.3 is 20.3 Å². The first-order chi connectivity index (χ1) is 13.6. The number of aryl methyl sites for hydroxylation is 1. The van der Waals surface area contributed by atoms with Crippen molar-refractivity contribution < 1.29 is 9.53 Å². The molecule has 1 fully saturated rings. The molecule has 1 unspecified atom stereocenters. The van der Waals surface area contributed by atoms with Gasteiger partial charge in [-0.2, -0.15) is 0 Å². The second-order valence-electron chi connectivity index (χ2n) is 6.94. The highest BCUT2D eigenvalue weighted by Crippen LogP contribution is 2.24. The number of benzene rings is 1. The molecule has 0 radical (unpaired) electrons. The molecule has 1 amide bonds. The van der Waals surface area contributed by atoms with Gasteiger partial charge in [-0.25, -0.2) is 9.97 Å². The second kappa shape index (κ2) is 9.50. The van der Waals surface area contributed by atoms with Crippen molar-refractivity contribution >= 4 is 23.2 Å². The Bertz CT molecular complexity index is 784. The van der Waals surface area contributed by atoms with Gasteiger partial charge in [-0.1, -0.05) is 0 Å². The molecule has 150 valence electrons. The van der Waals surface area contributed by atoms with E-state index in [-0.39, 0.29) is 12.0 Å². The summed E-state index contributed by atoms with van der Waals surface area (Å²) >= 11 is 0. The maximum atomic E-state index is 12.2. The van der Waals surface area contributed by atoms with Crippen molar-refractivity contribution in [1.29, 1.82) is 0 Å². The summed E-state index contributed by atoms with van der Waals surface area (Å²) in [7, 11) is 0. The van der Waals surface area contributed by atoms with Crippen molar-refractivity contribution in [3.8, 4) is 0 Å². The van der Waals surface area contributed by atoms with Crippen LogP contribution < -0.4 is 15.5 Å². The van der Waals surface area contributed by atoms with Crippen LogP contribution in [0.4, 0.5) is 17.3 Å². The fourth-order valence-electron chi connectivity index (χ4n) is 3.32. The molecule has 1 aromatic carbocycles. The summed E-state index contributed by atoms with van der Waals surface area (Å²) in [4.78, 5) is 23.1. The van der Waals surface area contributed by atoms with Gasteiger partial charge in [0, 0.05) is 50.0 Å². The average molecular weight is 383 g/mol. The number of nitrogens with zero attached hydrogens (tertiary/aromatic N) is 3. The molecule has 0 spiro atoms. The molecule has 1 atom stereocenters. The largest absolute Gasteiger partial charge is 0.376 e. The SMILES string of the molecule is CCN(CC)c1ccc(Nc2ncc(C(=O)NCC3CCCO3)cn2)c(C)c1. The van der Waals surface area contributed by atoms with E-state index in [4.69, 9.17) is 4.74 Å². The van der Waals surface area contributed by atoms with Crippen LogP contribution in [0.5, 0.6) is 0 Å². The summed E-state index contributed by atoms with van der Waals surface area (Å²) in [6.07, 6.45) is 5.25. The van der Waals surface area contributed by atoms with Gasteiger partial charge >= 0.3 is 0 Å². The quantitative estimate of drug-likeness (QED) is 0.728. The van der Waals surface area contributed by atoms with Crippen LogP contribution in [-0.2, 0) is 4.74 Å². The van der Waals surface area contributed by atoms with E-state index in [1.165, 1.54) is 5.69 Å². The molecule has 3 rings (SSSR count). The predicted molar refractivity (Wildman–Crippen MR) is 111 cm³/mol. The Labute approximate surface area is 166 Å². The summed E-state index contributed by atoms with van der Waals surface area (Å²) in [6.45, 7) is 9.61. The molecule has 2 N–H and O–H groups in total. The molecule has 2 heterocycles. The smallest absolute Gasteiger partial charge is 0.254 e. The first kappa shape index (κ1) is 20.1. The highest BCUT2D eigenvalue weighted by atomic mass is 16.5. The minimum Gasteiger partial charge on any atom is -0.376 e. The van der Waals surface area contributed by atoms with E-state index in [9.17, 15) is 4.79 Å². The number of aromatic nitrogens is 2. The zero-order valence-corrected chi connectivity index (χ0v) is 16.9. The summed E-state index contributed by atoms with van der Waals surface area (Å²) in [6, 6.07) is 6.28. The van der Waals surface area contributed by atoms with Gasteiger partial charge in [0.2, 0.25) is 5.95 Å². The zero-order chi connectivity index (χ0) is 19.9. The Morgan fingerprint density at radius 2 is 2.00 bits per heavy atom. The number of amides is 1. The molecule has 7 heteroatoms. The molecule has 7 nitrogen and oxygen atoms in total. The average Bonchev–Trinajstić information content (AvgIpc) is 3.23. The normalized spacial score (nSPS) is 16.0. The van der Waals surface area contributed by atoms with Crippen molar-refractivity contribution in [2.24, 2.45) is 0 Å². The number of hydrogen-bond donors (Lipinski definition) is 2. The topological polar surface area (TPSA) is 79.4 Å². The monoisotopic (exact) mass is 383 g/mol. The lowest BCUT2D eigenvalue weighted by Crippen LogP contribution is -2.31. The lowest BCUT2D eigenvalue weighted by atomic mass is 10.1. The lowest BCUT2D eigenvalue weighted by Gasteiger charge is -2.22. The number of rotatable bonds is 8. The highest BCUT2D eigenvalue weighted by molar-refractivity contribution is 5.93. The number of nitrogens with one attached hydrogen (secondary N) is 2. The summed E-state index contributed by atoms with van der Waals surface area (Å²) in [5, 5.41) is 6.10. The Morgan fingerprint density at radius 1 is 1.25 bits per heavy atom. The molecule has 0 bridgehead atoms. The molecule has 1 aliphatic rings. The lowest BCUT2D eigenvalue weighted by molar-refractivity contribution is 0.0857. The predicted octanol–water partition coefficient (Wildman–Crippen LogP) is 3.28. The van der Waals surface area contributed by atoms with Gasteiger partial charge in [-0.05, 0) is 57.4 Å². The van der Waals surface area contributed by atoms with Crippen molar-refractivity contribution in [3.63, 3.8) is 0 Å². The van der Waals surface area contributed by atoms with Crippen LogP contribution >= 0.6 is 0 Å². The van der Waals surface area contributed by atoms with Crippen LogP contribution in [0.1, 0.15) is 42.6 Å². The highest BCUT2D eigenvalue weighted by Gasteiger charge is 2.17. The van der Waals surface area contributed by atoms with E-state index < -0.39 is 0 Å². The van der Waals surface area contributed by atoms with E-state index in [2.05, 4.69) is 58.4 Å². The summed E-state index contributed by atoms with van der Waals surface area (Å²) < 4.78 is 5.51. The fourth-order valence-corrected chi connectivity index (χ4v) is 3.32. The van der Waals surface area contributed by atoms with Crippen LogP contribution in [0.25, 0.3) is 0 Å². The second-order valence-corrected chi connectivity index (χ2v) is 6.94. The van der Waals surface area contributed by atoms with Crippen molar-refractivity contribution in [3.05, 3.63) is 41.7 Å². The van der Waals surface area contributed by atoms with Gasteiger partial charge in [0.05, 0.1) is 11.7 Å². The Morgan fingerprint density at radius 3 is 2.61 bits per heavy atom. The zero-order valence-electron chi connectivity index (χ0n) is 16.9. The van der Waals surface area contributed by atoms with Crippen molar-refractivity contribution in [2.45, 2.75) is 39.7 Å². The number of anilines is 3. The molecule has 1 saturated heterocycles. The van der Waals surface area contributed by atoms with Crippen LogP contribution in [0.2, 0.25) is 0 Å². The van der Waals surface area contributed by atoms with Gasteiger partial charge in [-0.15, -0.1) is 0 Å². The first-order valence-corrected chi connectivity index (χ1v) is 9.95. The number of hydrogen-bond acceptors (Lipinski definition) is 6. The Balaban J connectivity index is 1.59. The summed E-state index contributed by atoms with van der Waals surface area (Å²) in [5.41, 5.74) is 3.71. The third-order valence-corrected chi connectivity index (χ3v) is 5.01. The fraction of sp³-hybridized carbons (Fsp3) is 0.476. The standard InChI is InChI=1S/C21H29N5O2/c1-4-26(5-2)17-8-9-19(15(3)11-17)25-21-23-12-16(13-24-21)20(27)22-14-18-7-6-10-28-18/h8-9,11-13,18H,4-7,10,14H2,1-3H3,(H,22,27)(H,23,24,25). The molecule has 28 heavy (non-hydrogen) atoms. The Kier molecular flexibility index (Phi) is 6.81. The van der Waals surface area contributed by atoms with Gasteiger partial charge in [0.25, 0.3) is 5.91 Å². The maximum absolute atomic E-state index is 12.2. The van der Waals surface area contributed by atoms with E-state index >= 15 is 0 Å². The molecule has 0 aliphatic carbocycles. The van der Waals surface area contributed by atoms with Gasteiger partial charge in [0.15, 0.2) is 0 Å². The van der Waals surface area contributed by atoms with Crippen LogP contribution in [-0.4, -0.2) is 48.2 Å². The molecule has 2 aromatic rings. The van der Waals surface area contributed by atoms with Crippen molar-refractivity contribution in [1.82, 2.24) is 15.3 Å². The van der Waals surface area contributed by atoms with Gasteiger partial charge in [-0.3, -0.25) is 4.79 Å².